The minimum Gasteiger partial charge on any atom is -0.464 e. The number of hydrogen-bond donors (Lipinski definition) is 3. The molecule has 3 amide bonds. The predicted octanol–water partition coefficient (Wildman–Crippen LogP) is 2.86. The number of fused-ring (bicyclic) bond motifs is 2. The Labute approximate surface area is 258 Å². The van der Waals surface area contributed by atoms with Gasteiger partial charge in [-0.2, -0.15) is 0 Å². The zero-order valence-electron chi connectivity index (χ0n) is 26.0. The number of hydrogen-bond acceptors (Lipinski definition) is 9. The van der Waals surface area contributed by atoms with Gasteiger partial charge in [0, 0.05) is 6.42 Å². The lowest BCUT2D eigenvalue weighted by molar-refractivity contribution is -0.150. The van der Waals surface area contributed by atoms with Gasteiger partial charge in [0.25, 0.3) is 0 Å². The van der Waals surface area contributed by atoms with E-state index < -0.39 is 65.3 Å². The molecule has 3 aliphatic rings. The first-order valence-electron chi connectivity index (χ1n) is 15.6. The molecule has 12 nitrogen and oxygen atoms in total. The first-order valence-corrected chi connectivity index (χ1v) is 15.6. The molecule has 3 fully saturated rings. The molecule has 3 N–H and O–H groups in total. The van der Waals surface area contributed by atoms with E-state index in [-0.39, 0.29) is 31.9 Å². The quantitative estimate of drug-likeness (QED) is 0.334. The molecule has 1 saturated carbocycles. The number of nitrogens with one attached hydrogen (secondary N) is 2. The third-order valence-corrected chi connectivity index (χ3v) is 8.30. The van der Waals surface area contributed by atoms with Crippen molar-refractivity contribution in [3.63, 3.8) is 0 Å². The Balaban J connectivity index is 1.62. The van der Waals surface area contributed by atoms with E-state index in [1.165, 1.54) is 4.90 Å². The van der Waals surface area contributed by atoms with E-state index in [9.17, 15) is 29.1 Å². The lowest BCUT2D eigenvalue weighted by Gasteiger charge is -2.30. The first kappa shape index (κ1) is 33.2. The molecule has 1 aliphatic carbocycles. The van der Waals surface area contributed by atoms with Gasteiger partial charge in [-0.15, -0.1) is 0 Å². The molecule has 44 heavy (non-hydrogen) atoms. The number of aliphatic hydroxyl groups is 1. The summed E-state index contributed by atoms with van der Waals surface area (Å²) in [4.78, 5) is 68.0. The summed E-state index contributed by atoms with van der Waals surface area (Å²) in [6.07, 6.45) is 1.14. The number of rotatable bonds is 5. The van der Waals surface area contributed by atoms with Crippen LogP contribution in [0.1, 0.15) is 89.4 Å². The van der Waals surface area contributed by atoms with Crippen molar-refractivity contribution >= 4 is 29.8 Å². The van der Waals surface area contributed by atoms with Crippen molar-refractivity contribution in [3.05, 3.63) is 35.9 Å². The van der Waals surface area contributed by atoms with Crippen molar-refractivity contribution in [3.8, 4) is 0 Å². The van der Waals surface area contributed by atoms with Gasteiger partial charge in [0.05, 0.1) is 24.8 Å². The highest BCUT2D eigenvalue weighted by atomic mass is 16.6. The average Bonchev–Trinajstić information content (AvgIpc) is 3.46. The smallest absolute Gasteiger partial charge is 0.408 e. The van der Waals surface area contributed by atoms with Gasteiger partial charge in [0.2, 0.25) is 11.8 Å². The molecule has 2 saturated heterocycles. The molecule has 1 aromatic rings. The first-order chi connectivity index (χ1) is 20.8. The summed E-state index contributed by atoms with van der Waals surface area (Å²) in [7, 11) is 0. The number of ether oxygens (including phenoxy) is 3. The van der Waals surface area contributed by atoms with E-state index in [4.69, 9.17) is 14.2 Å². The molecule has 6 unspecified atom stereocenters. The summed E-state index contributed by atoms with van der Waals surface area (Å²) in [5.74, 6) is -2.59. The van der Waals surface area contributed by atoms with Crippen LogP contribution in [0, 0.1) is 5.92 Å². The van der Waals surface area contributed by atoms with Crippen LogP contribution in [0.15, 0.2) is 30.3 Å². The highest BCUT2D eigenvalue weighted by molar-refractivity contribution is 5.96. The van der Waals surface area contributed by atoms with Crippen LogP contribution in [0.3, 0.4) is 0 Å². The second-order valence-corrected chi connectivity index (χ2v) is 12.9. The van der Waals surface area contributed by atoms with Gasteiger partial charge < -0.3 is 34.9 Å². The standard InChI is InChI=1S/C32H45N3O9/c1-5-42-29(40)32-18-21(32)16-22(36)14-10-7-11-15-24(33-30(41)44-31(2,3)4)27(38)35-19-23(17-25(35)26(37)34-32)43-28(39)20-12-8-6-9-13-20/h6,8-9,12-13,21-25,36H,5,7,10-11,14-19H2,1-4H3,(H,33,41)(H,34,37). The topological polar surface area (TPSA) is 161 Å². The second kappa shape index (κ2) is 14.0. The van der Waals surface area contributed by atoms with Crippen LogP contribution in [-0.4, -0.2) is 88.4 Å². The van der Waals surface area contributed by atoms with Gasteiger partial charge in [0.1, 0.15) is 29.3 Å². The Morgan fingerprint density at radius 1 is 1.07 bits per heavy atom. The Morgan fingerprint density at radius 2 is 1.77 bits per heavy atom. The third-order valence-electron chi connectivity index (χ3n) is 8.30. The minimum absolute atomic E-state index is 0.00149. The fourth-order valence-corrected chi connectivity index (χ4v) is 6.06. The number of alkyl carbamates (subject to hydrolysis) is 1. The van der Waals surface area contributed by atoms with Gasteiger partial charge in [0.15, 0.2) is 0 Å². The van der Waals surface area contributed by atoms with Crippen LogP contribution < -0.4 is 10.6 Å². The molecule has 0 bridgehead atoms. The fraction of sp³-hybridized carbons (Fsp3) is 0.656. The molecule has 0 spiro atoms. The lowest BCUT2D eigenvalue weighted by atomic mass is 10.0. The van der Waals surface area contributed by atoms with E-state index in [0.29, 0.717) is 44.1 Å². The molecule has 1 aromatic carbocycles. The molecule has 242 valence electrons. The monoisotopic (exact) mass is 615 g/mol. The summed E-state index contributed by atoms with van der Waals surface area (Å²) in [6.45, 7) is 6.87. The minimum atomic E-state index is -1.31. The number of amides is 3. The molecular weight excluding hydrogens is 570 g/mol. The Hall–Kier alpha value is -3.67. The highest BCUT2D eigenvalue weighted by Gasteiger charge is 2.63. The van der Waals surface area contributed by atoms with Crippen LogP contribution in [0.4, 0.5) is 4.79 Å². The van der Waals surface area contributed by atoms with Crippen LogP contribution in [0.2, 0.25) is 0 Å². The van der Waals surface area contributed by atoms with E-state index in [0.717, 1.165) is 0 Å². The predicted molar refractivity (Wildman–Crippen MR) is 158 cm³/mol. The fourth-order valence-electron chi connectivity index (χ4n) is 6.06. The van der Waals surface area contributed by atoms with Crippen molar-refractivity contribution < 1.29 is 43.3 Å². The van der Waals surface area contributed by atoms with Crippen molar-refractivity contribution in [2.45, 2.75) is 114 Å². The number of benzene rings is 1. The molecule has 12 heteroatoms. The third kappa shape index (κ3) is 8.28. The van der Waals surface area contributed by atoms with Crippen LogP contribution in [-0.2, 0) is 28.6 Å². The van der Waals surface area contributed by atoms with Gasteiger partial charge in [-0.05, 0) is 71.4 Å². The maximum atomic E-state index is 14.1. The summed E-state index contributed by atoms with van der Waals surface area (Å²) >= 11 is 0. The molecule has 6 atom stereocenters. The average molecular weight is 616 g/mol. The molecule has 2 heterocycles. The highest BCUT2D eigenvalue weighted by Crippen LogP contribution is 2.48. The summed E-state index contributed by atoms with van der Waals surface area (Å²) < 4.78 is 16.5. The maximum Gasteiger partial charge on any atom is 0.408 e. The molecule has 0 radical (unpaired) electrons. The number of aliphatic hydroxyl groups excluding tert-OH is 1. The Bertz CT molecular complexity index is 1220. The molecular formula is C32H45N3O9. The SMILES string of the molecule is CCOC(=O)C12CC1CC(O)CCCCCC(NC(=O)OC(C)(C)C)C(=O)N1CC(OC(=O)c3ccccc3)CC1C(=O)N2. The summed E-state index contributed by atoms with van der Waals surface area (Å²) in [5.41, 5.74) is -1.77. The van der Waals surface area contributed by atoms with E-state index >= 15 is 0 Å². The number of esters is 2. The molecule has 2 aliphatic heterocycles. The second-order valence-electron chi connectivity index (χ2n) is 12.9. The van der Waals surface area contributed by atoms with E-state index in [1.54, 1.807) is 58.0 Å². The van der Waals surface area contributed by atoms with Gasteiger partial charge >= 0.3 is 18.0 Å². The maximum absolute atomic E-state index is 14.1. The van der Waals surface area contributed by atoms with Gasteiger partial charge in [-0.1, -0.05) is 37.5 Å². The van der Waals surface area contributed by atoms with E-state index in [1.807, 2.05) is 0 Å². The Morgan fingerprint density at radius 3 is 2.45 bits per heavy atom. The number of carbonyl (C=O) groups is 5. The summed E-state index contributed by atoms with van der Waals surface area (Å²) in [5, 5.41) is 16.2. The van der Waals surface area contributed by atoms with Gasteiger partial charge in [-0.3, -0.25) is 9.59 Å². The zero-order chi connectivity index (χ0) is 32.1. The molecule has 0 aromatic heterocycles. The number of nitrogens with zero attached hydrogens (tertiary/aromatic N) is 1. The van der Waals surface area contributed by atoms with E-state index in [2.05, 4.69) is 10.6 Å². The Kier molecular flexibility index (Phi) is 10.5. The normalized spacial score (nSPS) is 29.6. The van der Waals surface area contributed by atoms with Crippen molar-refractivity contribution in [1.82, 2.24) is 15.5 Å². The zero-order valence-corrected chi connectivity index (χ0v) is 26.0. The van der Waals surface area contributed by atoms with Crippen LogP contribution >= 0.6 is 0 Å². The van der Waals surface area contributed by atoms with Crippen molar-refractivity contribution in [2.24, 2.45) is 5.92 Å². The van der Waals surface area contributed by atoms with Crippen LogP contribution in [0.5, 0.6) is 0 Å². The molecule has 4 rings (SSSR count). The number of carbonyl (C=O) groups excluding carboxylic acids is 5. The largest absolute Gasteiger partial charge is 0.464 e. The van der Waals surface area contributed by atoms with Crippen molar-refractivity contribution in [1.29, 1.82) is 0 Å². The summed E-state index contributed by atoms with van der Waals surface area (Å²) in [6, 6.07) is 6.31. The van der Waals surface area contributed by atoms with Gasteiger partial charge in [-0.25, -0.2) is 14.4 Å². The lowest BCUT2D eigenvalue weighted by Crippen LogP contribution is -2.56. The van der Waals surface area contributed by atoms with Crippen LogP contribution in [0.25, 0.3) is 0 Å². The van der Waals surface area contributed by atoms with Crippen molar-refractivity contribution in [2.75, 3.05) is 13.2 Å².